The SMILES string of the molecule is Fc1ccc(-n2nc(Cc3cccs3)c3c2NCCCC3)cc1. The first-order valence-corrected chi connectivity index (χ1v) is 8.82. The van der Waals surface area contributed by atoms with E-state index in [1.165, 1.54) is 29.0 Å². The molecule has 0 saturated heterocycles. The Labute approximate surface area is 138 Å². The Kier molecular flexibility index (Phi) is 3.87. The van der Waals surface area contributed by atoms with Crippen LogP contribution in [0.3, 0.4) is 0 Å². The van der Waals surface area contributed by atoms with Gasteiger partial charge in [0.2, 0.25) is 0 Å². The molecule has 0 saturated carbocycles. The number of nitrogens with one attached hydrogen (secondary N) is 1. The Morgan fingerprint density at radius 3 is 2.83 bits per heavy atom. The molecule has 0 radical (unpaired) electrons. The van der Waals surface area contributed by atoms with Crippen molar-refractivity contribution in [3.05, 3.63) is 63.7 Å². The van der Waals surface area contributed by atoms with Gasteiger partial charge in [-0.2, -0.15) is 5.10 Å². The fraction of sp³-hybridized carbons (Fsp3) is 0.278. The minimum atomic E-state index is -0.223. The Bertz CT molecular complexity index is 791. The normalized spacial score (nSPS) is 14.1. The predicted molar refractivity (Wildman–Crippen MR) is 92.1 cm³/mol. The lowest BCUT2D eigenvalue weighted by Gasteiger charge is -2.09. The van der Waals surface area contributed by atoms with Gasteiger partial charge in [0, 0.05) is 23.4 Å². The van der Waals surface area contributed by atoms with Crippen molar-refractivity contribution >= 4 is 17.2 Å². The van der Waals surface area contributed by atoms with E-state index >= 15 is 0 Å². The lowest BCUT2D eigenvalue weighted by molar-refractivity contribution is 0.627. The third kappa shape index (κ3) is 2.88. The smallest absolute Gasteiger partial charge is 0.133 e. The molecule has 1 aliphatic heterocycles. The molecule has 23 heavy (non-hydrogen) atoms. The van der Waals surface area contributed by atoms with Crippen LogP contribution in [0.4, 0.5) is 10.2 Å². The third-order valence-electron chi connectivity index (χ3n) is 4.21. The highest BCUT2D eigenvalue weighted by Gasteiger charge is 2.20. The first-order valence-electron chi connectivity index (χ1n) is 7.94. The second-order valence-electron chi connectivity index (χ2n) is 5.80. The highest BCUT2D eigenvalue weighted by Crippen LogP contribution is 2.30. The number of benzene rings is 1. The Morgan fingerprint density at radius 1 is 1.17 bits per heavy atom. The van der Waals surface area contributed by atoms with Crippen LogP contribution in [0, 0.1) is 5.82 Å². The van der Waals surface area contributed by atoms with Gasteiger partial charge >= 0.3 is 0 Å². The summed E-state index contributed by atoms with van der Waals surface area (Å²) in [5.74, 6) is 0.847. The molecule has 0 aliphatic carbocycles. The molecule has 5 heteroatoms. The molecule has 0 atom stereocenters. The standard InChI is InChI=1S/C18H18FN3S/c19-13-6-8-14(9-7-13)22-18-16(5-1-2-10-20-18)17(21-22)12-15-4-3-11-23-15/h3-4,6-9,11,20H,1-2,5,10,12H2. The van der Waals surface area contributed by atoms with E-state index in [1.807, 2.05) is 4.68 Å². The zero-order chi connectivity index (χ0) is 15.6. The van der Waals surface area contributed by atoms with E-state index in [9.17, 15) is 4.39 Å². The number of rotatable bonds is 3. The molecule has 0 bridgehead atoms. The number of aromatic nitrogens is 2. The molecule has 1 N–H and O–H groups in total. The summed E-state index contributed by atoms with van der Waals surface area (Å²) in [6, 6.07) is 10.8. The summed E-state index contributed by atoms with van der Waals surface area (Å²) in [5, 5.41) is 10.5. The van der Waals surface area contributed by atoms with Crippen molar-refractivity contribution in [1.29, 1.82) is 0 Å². The van der Waals surface area contributed by atoms with Crippen LogP contribution in [-0.2, 0) is 12.8 Å². The van der Waals surface area contributed by atoms with Crippen molar-refractivity contribution in [3.8, 4) is 5.69 Å². The lowest BCUT2D eigenvalue weighted by atomic mass is 10.1. The van der Waals surface area contributed by atoms with Gasteiger partial charge in [-0.3, -0.25) is 0 Å². The van der Waals surface area contributed by atoms with Gasteiger partial charge in [0.1, 0.15) is 11.6 Å². The second kappa shape index (κ2) is 6.16. The van der Waals surface area contributed by atoms with Gasteiger partial charge in [0.25, 0.3) is 0 Å². The van der Waals surface area contributed by atoms with E-state index < -0.39 is 0 Å². The minimum absolute atomic E-state index is 0.223. The summed E-state index contributed by atoms with van der Waals surface area (Å²) < 4.78 is 15.2. The van der Waals surface area contributed by atoms with Gasteiger partial charge in [-0.1, -0.05) is 6.07 Å². The average molecular weight is 327 g/mol. The van der Waals surface area contributed by atoms with E-state index in [2.05, 4.69) is 22.8 Å². The van der Waals surface area contributed by atoms with E-state index in [0.29, 0.717) is 0 Å². The zero-order valence-corrected chi connectivity index (χ0v) is 13.6. The Hall–Kier alpha value is -2.14. The van der Waals surface area contributed by atoms with Crippen molar-refractivity contribution in [2.24, 2.45) is 0 Å². The van der Waals surface area contributed by atoms with Gasteiger partial charge in [0.05, 0.1) is 11.4 Å². The number of thiophene rings is 1. The number of hydrogen-bond acceptors (Lipinski definition) is 3. The quantitative estimate of drug-likeness (QED) is 0.772. The molecule has 2 aromatic heterocycles. The first kappa shape index (κ1) is 14.5. The topological polar surface area (TPSA) is 29.9 Å². The maximum absolute atomic E-state index is 13.2. The maximum Gasteiger partial charge on any atom is 0.133 e. The third-order valence-corrected chi connectivity index (χ3v) is 5.08. The molecule has 1 aromatic carbocycles. The number of nitrogens with zero attached hydrogens (tertiary/aromatic N) is 2. The van der Waals surface area contributed by atoms with Crippen molar-refractivity contribution in [3.63, 3.8) is 0 Å². The lowest BCUT2D eigenvalue weighted by Crippen LogP contribution is -2.07. The van der Waals surface area contributed by atoms with Crippen molar-refractivity contribution < 1.29 is 4.39 Å². The molecular weight excluding hydrogens is 309 g/mol. The Morgan fingerprint density at radius 2 is 2.04 bits per heavy atom. The molecule has 3 heterocycles. The minimum Gasteiger partial charge on any atom is -0.370 e. The van der Waals surface area contributed by atoms with Crippen LogP contribution in [0.2, 0.25) is 0 Å². The van der Waals surface area contributed by atoms with E-state index in [-0.39, 0.29) is 5.82 Å². The van der Waals surface area contributed by atoms with E-state index in [0.717, 1.165) is 43.0 Å². The highest BCUT2D eigenvalue weighted by atomic mass is 32.1. The summed E-state index contributed by atoms with van der Waals surface area (Å²) in [6.45, 7) is 0.957. The van der Waals surface area contributed by atoms with Crippen LogP contribution in [0.1, 0.15) is 29.0 Å². The summed E-state index contributed by atoms with van der Waals surface area (Å²) in [6.07, 6.45) is 4.24. The van der Waals surface area contributed by atoms with Crippen LogP contribution in [-0.4, -0.2) is 16.3 Å². The van der Waals surface area contributed by atoms with Crippen LogP contribution in [0.15, 0.2) is 41.8 Å². The monoisotopic (exact) mass is 327 g/mol. The molecule has 3 aromatic rings. The Balaban J connectivity index is 1.79. The molecule has 0 amide bonds. The van der Waals surface area contributed by atoms with Gasteiger partial charge in [-0.05, 0) is 55.0 Å². The van der Waals surface area contributed by atoms with E-state index in [4.69, 9.17) is 5.10 Å². The average Bonchev–Trinajstić information content (AvgIpc) is 3.11. The molecule has 0 spiro atoms. The first-order chi connectivity index (χ1) is 11.3. The number of hydrogen-bond donors (Lipinski definition) is 1. The summed E-state index contributed by atoms with van der Waals surface area (Å²) >= 11 is 1.76. The molecular formula is C18H18FN3S. The van der Waals surface area contributed by atoms with Crippen molar-refractivity contribution in [2.75, 3.05) is 11.9 Å². The van der Waals surface area contributed by atoms with E-state index in [1.54, 1.807) is 23.5 Å². The molecule has 3 nitrogen and oxygen atoms in total. The molecule has 0 unspecified atom stereocenters. The van der Waals surface area contributed by atoms with Crippen LogP contribution >= 0.6 is 11.3 Å². The largest absolute Gasteiger partial charge is 0.370 e. The number of anilines is 1. The summed E-state index contributed by atoms with van der Waals surface area (Å²) in [4.78, 5) is 1.32. The number of halogens is 1. The zero-order valence-electron chi connectivity index (χ0n) is 12.8. The maximum atomic E-state index is 13.2. The van der Waals surface area contributed by atoms with Crippen LogP contribution in [0.5, 0.6) is 0 Å². The number of fused-ring (bicyclic) bond motifs is 1. The highest BCUT2D eigenvalue weighted by molar-refractivity contribution is 7.09. The van der Waals surface area contributed by atoms with Crippen LogP contribution in [0.25, 0.3) is 5.69 Å². The second-order valence-corrected chi connectivity index (χ2v) is 6.83. The van der Waals surface area contributed by atoms with Gasteiger partial charge in [-0.25, -0.2) is 9.07 Å². The molecule has 4 rings (SSSR count). The summed E-state index contributed by atoms with van der Waals surface area (Å²) in [7, 11) is 0. The molecule has 0 fully saturated rings. The van der Waals surface area contributed by atoms with Gasteiger partial charge in [0.15, 0.2) is 0 Å². The fourth-order valence-electron chi connectivity index (χ4n) is 3.06. The van der Waals surface area contributed by atoms with Gasteiger partial charge < -0.3 is 5.32 Å². The van der Waals surface area contributed by atoms with Crippen LogP contribution < -0.4 is 5.32 Å². The molecule has 118 valence electrons. The predicted octanol–water partition coefficient (Wildman–Crippen LogP) is 4.41. The van der Waals surface area contributed by atoms with Crippen molar-refractivity contribution in [2.45, 2.75) is 25.7 Å². The van der Waals surface area contributed by atoms with Crippen molar-refractivity contribution in [1.82, 2.24) is 9.78 Å². The molecule has 1 aliphatic rings. The summed E-state index contributed by atoms with van der Waals surface area (Å²) in [5.41, 5.74) is 3.33. The fourth-order valence-corrected chi connectivity index (χ4v) is 3.77. The van der Waals surface area contributed by atoms with Gasteiger partial charge in [-0.15, -0.1) is 11.3 Å².